The predicted octanol–water partition coefficient (Wildman–Crippen LogP) is 6.83. The van der Waals surface area contributed by atoms with Crippen LogP contribution in [0.15, 0.2) is 86.6 Å². The van der Waals surface area contributed by atoms with Crippen LogP contribution in [0.2, 0.25) is 0 Å². The molecule has 3 nitrogen and oxygen atoms in total. The lowest BCUT2D eigenvalue weighted by molar-refractivity contribution is 0.234. The average Bonchev–Trinajstić information content (AvgIpc) is 2.73. The molecule has 30 heavy (non-hydrogen) atoms. The largest absolute Gasteiger partial charge is 0.243 e. The molecule has 1 saturated heterocycles. The number of hydrogen-bond acceptors (Lipinski definition) is 2. The Balaban J connectivity index is 1.73. The summed E-state index contributed by atoms with van der Waals surface area (Å²) in [4.78, 5) is 0.356. The van der Waals surface area contributed by atoms with Crippen molar-refractivity contribution in [2.75, 3.05) is 6.54 Å². The van der Waals surface area contributed by atoms with Crippen LogP contribution in [0.4, 0.5) is 0 Å². The lowest BCUT2D eigenvalue weighted by Gasteiger charge is -2.39. The van der Waals surface area contributed by atoms with Crippen molar-refractivity contribution in [2.45, 2.75) is 36.6 Å². The molecule has 0 saturated carbocycles. The number of aryl methyl sites for hydroxylation is 1. The molecule has 0 bridgehead atoms. The molecule has 1 aliphatic rings. The van der Waals surface area contributed by atoms with Crippen molar-refractivity contribution in [2.24, 2.45) is 0 Å². The minimum Gasteiger partial charge on any atom is -0.207 e. The molecule has 4 rings (SSSR count). The Hall–Kier alpha value is -1.47. The van der Waals surface area contributed by atoms with Crippen molar-refractivity contribution < 1.29 is 8.42 Å². The third kappa shape index (κ3) is 4.57. The zero-order valence-corrected chi connectivity index (χ0v) is 20.6. The Morgan fingerprint density at radius 1 is 0.867 bits per heavy atom. The zero-order chi connectivity index (χ0) is 21.3. The van der Waals surface area contributed by atoms with Crippen LogP contribution >= 0.6 is 31.9 Å². The summed E-state index contributed by atoms with van der Waals surface area (Å²) in [5, 5.41) is 0. The number of hydrogen-bond donors (Lipinski definition) is 0. The van der Waals surface area contributed by atoms with E-state index in [1.165, 1.54) is 5.56 Å². The SMILES string of the molecule is Cc1ccc(S(=O)(=O)N2CCC(c3cccc(Br)c3)C[C@@H]2c2cccc(Br)c2)cc1. The van der Waals surface area contributed by atoms with E-state index in [4.69, 9.17) is 0 Å². The van der Waals surface area contributed by atoms with Gasteiger partial charge in [0.15, 0.2) is 0 Å². The van der Waals surface area contributed by atoms with Crippen LogP contribution in [0, 0.1) is 6.92 Å². The van der Waals surface area contributed by atoms with Gasteiger partial charge in [0, 0.05) is 15.5 Å². The normalized spacial score (nSPS) is 20.2. The predicted molar refractivity (Wildman–Crippen MR) is 128 cm³/mol. The average molecular weight is 549 g/mol. The molecular weight excluding hydrogens is 526 g/mol. The maximum absolute atomic E-state index is 13.6. The topological polar surface area (TPSA) is 37.4 Å². The number of piperidine rings is 1. The van der Waals surface area contributed by atoms with Crippen molar-refractivity contribution in [1.82, 2.24) is 4.31 Å². The monoisotopic (exact) mass is 547 g/mol. The quantitative estimate of drug-likeness (QED) is 0.358. The van der Waals surface area contributed by atoms with Gasteiger partial charge in [0.25, 0.3) is 0 Å². The lowest BCUT2D eigenvalue weighted by atomic mass is 9.84. The van der Waals surface area contributed by atoms with E-state index in [1.807, 2.05) is 55.5 Å². The second-order valence-electron chi connectivity index (χ2n) is 7.78. The highest BCUT2D eigenvalue weighted by atomic mass is 79.9. The van der Waals surface area contributed by atoms with Gasteiger partial charge in [-0.3, -0.25) is 0 Å². The van der Waals surface area contributed by atoms with Gasteiger partial charge in [-0.25, -0.2) is 8.42 Å². The van der Waals surface area contributed by atoms with Gasteiger partial charge in [-0.2, -0.15) is 4.31 Å². The smallest absolute Gasteiger partial charge is 0.207 e. The Kier molecular flexibility index (Phi) is 6.49. The molecule has 0 aliphatic carbocycles. The van der Waals surface area contributed by atoms with Crippen LogP contribution in [-0.4, -0.2) is 19.3 Å². The molecule has 0 aromatic heterocycles. The van der Waals surface area contributed by atoms with Crippen LogP contribution in [-0.2, 0) is 10.0 Å². The van der Waals surface area contributed by atoms with Gasteiger partial charge >= 0.3 is 0 Å². The summed E-state index contributed by atoms with van der Waals surface area (Å²) in [6, 6.07) is 23.3. The molecule has 0 spiro atoms. The second kappa shape index (κ2) is 8.95. The standard InChI is InChI=1S/C24H23Br2NO2S/c1-17-8-10-23(11-9-17)30(28,29)27-13-12-19(18-4-2-6-21(25)14-18)16-24(27)20-5-3-7-22(26)15-20/h2-11,14-15,19,24H,12-13,16H2,1H3/t19?,24-/m1/s1. The molecule has 0 N–H and O–H groups in total. The molecule has 1 fully saturated rings. The molecule has 156 valence electrons. The van der Waals surface area contributed by atoms with Crippen LogP contribution in [0.3, 0.4) is 0 Å². The van der Waals surface area contributed by atoms with E-state index in [-0.39, 0.29) is 6.04 Å². The number of benzene rings is 3. The van der Waals surface area contributed by atoms with Crippen molar-refractivity contribution in [1.29, 1.82) is 0 Å². The molecule has 6 heteroatoms. The molecule has 1 unspecified atom stereocenters. The molecular formula is C24H23Br2NO2S. The maximum Gasteiger partial charge on any atom is 0.243 e. The minimum absolute atomic E-state index is 0.216. The third-order valence-electron chi connectivity index (χ3n) is 5.73. The fraction of sp³-hybridized carbons (Fsp3) is 0.250. The first kappa shape index (κ1) is 21.8. The van der Waals surface area contributed by atoms with E-state index >= 15 is 0 Å². The molecule has 0 amide bonds. The Morgan fingerprint density at radius 2 is 1.47 bits per heavy atom. The van der Waals surface area contributed by atoms with Crippen LogP contribution in [0.5, 0.6) is 0 Å². The molecule has 1 aliphatic heterocycles. The number of halogens is 2. The Labute approximate surface area is 195 Å². The van der Waals surface area contributed by atoms with E-state index in [0.29, 0.717) is 17.4 Å². The number of sulfonamides is 1. The third-order valence-corrected chi connectivity index (χ3v) is 8.64. The summed E-state index contributed by atoms with van der Waals surface area (Å²) >= 11 is 7.11. The van der Waals surface area contributed by atoms with Crippen LogP contribution < -0.4 is 0 Å². The Morgan fingerprint density at radius 3 is 2.10 bits per heavy atom. The van der Waals surface area contributed by atoms with Gasteiger partial charge in [0.05, 0.1) is 10.9 Å². The first-order valence-electron chi connectivity index (χ1n) is 9.94. The molecule has 0 radical (unpaired) electrons. The van der Waals surface area contributed by atoms with Crippen molar-refractivity contribution in [3.8, 4) is 0 Å². The maximum atomic E-state index is 13.6. The minimum atomic E-state index is -3.59. The van der Waals surface area contributed by atoms with E-state index in [0.717, 1.165) is 32.9 Å². The van der Waals surface area contributed by atoms with Crippen molar-refractivity contribution in [3.05, 3.63) is 98.4 Å². The fourth-order valence-corrected chi connectivity index (χ4v) is 6.63. The summed E-state index contributed by atoms with van der Waals surface area (Å²) in [6.07, 6.45) is 1.55. The number of nitrogens with zero attached hydrogens (tertiary/aromatic N) is 1. The molecule has 2 atom stereocenters. The Bertz CT molecular complexity index is 1150. The van der Waals surface area contributed by atoms with Gasteiger partial charge < -0.3 is 0 Å². The van der Waals surface area contributed by atoms with Gasteiger partial charge in [-0.15, -0.1) is 0 Å². The molecule has 1 heterocycles. The van der Waals surface area contributed by atoms with Crippen molar-refractivity contribution in [3.63, 3.8) is 0 Å². The molecule has 3 aromatic carbocycles. The van der Waals surface area contributed by atoms with Crippen LogP contribution in [0.25, 0.3) is 0 Å². The van der Waals surface area contributed by atoms with E-state index in [2.05, 4.69) is 44.0 Å². The lowest BCUT2D eigenvalue weighted by Crippen LogP contribution is -2.40. The summed E-state index contributed by atoms with van der Waals surface area (Å²) in [6.45, 7) is 2.45. The zero-order valence-electron chi connectivity index (χ0n) is 16.6. The molecule has 3 aromatic rings. The highest BCUT2D eigenvalue weighted by molar-refractivity contribution is 9.10. The van der Waals surface area contributed by atoms with Crippen LogP contribution in [0.1, 0.15) is 41.5 Å². The van der Waals surface area contributed by atoms with Crippen molar-refractivity contribution >= 4 is 41.9 Å². The van der Waals surface area contributed by atoms with E-state index in [1.54, 1.807) is 16.4 Å². The highest BCUT2D eigenvalue weighted by Gasteiger charge is 2.38. The first-order valence-corrected chi connectivity index (χ1v) is 13.0. The van der Waals surface area contributed by atoms with Gasteiger partial charge in [0.2, 0.25) is 10.0 Å². The van der Waals surface area contributed by atoms with E-state index < -0.39 is 10.0 Å². The first-order chi connectivity index (χ1) is 14.3. The van der Waals surface area contributed by atoms with E-state index in [9.17, 15) is 8.42 Å². The summed E-state index contributed by atoms with van der Waals surface area (Å²) in [5.74, 6) is 0.302. The highest BCUT2D eigenvalue weighted by Crippen LogP contribution is 2.42. The summed E-state index contributed by atoms with van der Waals surface area (Å²) in [5.41, 5.74) is 3.31. The summed E-state index contributed by atoms with van der Waals surface area (Å²) in [7, 11) is -3.59. The summed E-state index contributed by atoms with van der Waals surface area (Å²) < 4.78 is 30.8. The van der Waals surface area contributed by atoms with Gasteiger partial charge in [-0.1, -0.05) is 73.8 Å². The fourth-order valence-electron chi connectivity index (χ4n) is 4.16. The second-order valence-corrected chi connectivity index (χ2v) is 11.5. The number of rotatable bonds is 4. The van der Waals surface area contributed by atoms with Gasteiger partial charge in [0.1, 0.15) is 0 Å². The van der Waals surface area contributed by atoms with Gasteiger partial charge in [-0.05, 0) is 73.2 Å².